The lowest BCUT2D eigenvalue weighted by atomic mass is 10.0. The van der Waals surface area contributed by atoms with Gasteiger partial charge in [0, 0.05) is 28.9 Å². The summed E-state index contributed by atoms with van der Waals surface area (Å²) >= 11 is 0. The number of anilines is 1. The molecule has 0 bridgehead atoms. The average Bonchev–Trinajstić information content (AvgIpc) is 2.70. The Kier molecular flexibility index (Phi) is 6.12. The minimum atomic E-state index is -4.55. The molecule has 6 nitrogen and oxygen atoms in total. The van der Waals surface area contributed by atoms with E-state index in [1.54, 1.807) is 18.2 Å². The van der Waals surface area contributed by atoms with E-state index in [0.717, 1.165) is 6.07 Å². The van der Waals surface area contributed by atoms with Gasteiger partial charge >= 0.3 is 12.1 Å². The molecule has 4 N–H and O–H groups in total. The largest absolute Gasteiger partial charge is 0.479 e. The van der Waals surface area contributed by atoms with Gasteiger partial charge in [0.1, 0.15) is 0 Å². The van der Waals surface area contributed by atoms with E-state index in [1.807, 2.05) is 0 Å². The molecule has 0 saturated heterocycles. The Hall–Kier alpha value is -3.33. The van der Waals surface area contributed by atoms with Crippen molar-refractivity contribution in [3.05, 3.63) is 64.4 Å². The molecular weight excluding hydrogens is 401 g/mol. The SMILES string of the molecule is O=C(O)C(O)CCCNc1ccc2cc(-c3ccccc3C(F)(F)F)[nH]c(=O)c2c1. The molecule has 9 heteroatoms. The number of benzene rings is 2. The summed E-state index contributed by atoms with van der Waals surface area (Å²) in [5.74, 6) is -1.28. The van der Waals surface area contributed by atoms with Crippen molar-refractivity contribution in [2.45, 2.75) is 25.1 Å². The third kappa shape index (κ3) is 4.80. The third-order valence-corrected chi connectivity index (χ3v) is 4.64. The number of hydrogen-bond acceptors (Lipinski definition) is 4. The van der Waals surface area contributed by atoms with Crippen LogP contribution in [0.4, 0.5) is 18.9 Å². The van der Waals surface area contributed by atoms with E-state index in [9.17, 15) is 27.9 Å². The quantitative estimate of drug-likeness (QED) is 0.435. The van der Waals surface area contributed by atoms with E-state index in [0.29, 0.717) is 29.4 Å². The van der Waals surface area contributed by atoms with E-state index >= 15 is 0 Å². The summed E-state index contributed by atoms with van der Waals surface area (Å²) in [6.45, 7) is 0.380. The summed E-state index contributed by atoms with van der Waals surface area (Å²) in [5.41, 5.74) is -0.792. The minimum Gasteiger partial charge on any atom is -0.479 e. The first-order valence-electron chi connectivity index (χ1n) is 9.15. The normalized spacial score (nSPS) is 12.7. The number of aliphatic hydroxyl groups is 1. The summed E-state index contributed by atoms with van der Waals surface area (Å²) in [4.78, 5) is 25.6. The number of rotatable bonds is 7. The Morgan fingerprint density at radius 1 is 1.13 bits per heavy atom. The Morgan fingerprint density at radius 3 is 2.57 bits per heavy atom. The zero-order chi connectivity index (χ0) is 21.9. The number of aromatic amines is 1. The van der Waals surface area contributed by atoms with Crippen LogP contribution in [0.3, 0.4) is 0 Å². The number of aliphatic carboxylic acids is 1. The van der Waals surface area contributed by atoms with Crippen LogP contribution in [0, 0.1) is 0 Å². The van der Waals surface area contributed by atoms with Crippen LogP contribution in [0.25, 0.3) is 22.0 Å². The van der Waals surface area contributed by atoms with Crippen molar-refractivity contribution in [2.75, 3.05) is 11.9 Å². The topological polar surface area (TPSA) is 102 Å². The van der Waals surface area contributed by atoms with Crippen LogP contribution in [0.1, 0.15) is 18.4 Å². The highest BCUT2D eigenvalue weighted by atomic mass is 19.4. The monoisotopic (exact) mass is 420 g/mol. The number of carbonyl (C=O) groups is 1. The number of aliphatic hydroxyl groups excluding tert-OH is 1. The maximum atomic E-state index is 13.3. The lowest BCUT2D eigenvalue weighted by Crippen LogP contribution is -2.20. The molecule has 0 fully saturated rings. The van der Waals surface area contributed by atoms with E-state index in [1.165, 1.54) is 24.3 Å². The predicted molar refractivity (Wildman–Crippen MR) is 106 cm³/mol. The summed E-state index contributed by atoms with van der Waals surface area (Å²) in [6, 6.07) is 11.4. The molecule has 1 heterocycles. The highest BCUT2D eigenvalue weighted by molar-refractivity contribution is 5.88. The molecule has 1 unspecified atom stereocenters. The van der Waals surface area contributed by atoms with Gasteiger partial charge in [-0.1, -0.05) is 24.3 Å². The zero-order valence-corrected chi connectivity index (χ0v) is 15.7. The van der Waals surface area contributed by atoms with E-state index in [2.05, 4.69) is 10.3 Å². The molecular formula is C21H19F3N2O4. The molecule has 3 rings (SSSR count). The summed E-state index contributed by atoms with van der Waals surface area (Å²) in [7, 11) is 0. The Bertz CT molecular complexity index is 1130. The smallest absolute Gasteiger partial charge is 0.417 e. The highest BCUT2D eigenvalue weighted by Gasteiger charge is 2.33. The van der Waals surface area contributed by atoms with Crippen molar-refractivity contribution < 1.29 is 28.2 Å². The number of fused-ring (bicyclic) bond motifs is 1. The Morgan fingerprint density at radius 2 is 1.87 bits per heavy atom. The molecule has 0 aliphatic heterocycles. The number of alkyl halides is 3. The molecule has 3 aromatic rings. The minimum absolute atomic E-state index is 0.0730. The number of H-pyrrole nitrogens is 1. The lowest BCUT2D eigenvalue weighted by molar-refractivity contribution is -0.147. The van der Waals surface area contributed by atoms with Gasteiger partial charge in [0.15, 0.2) is 6.10 Å². The highest BCUT2D eigenvalue weighted by Crippen LogP contribution is 2.36. The van der Waals surface area contributed by atoms with Gasteiger partial charge in [0.2, 0.25) is 0 Å². The van der Waals surface area contributed by atoms with E-state index in [4.69, 9.17) is 5.11 Å². The van der Waals surface area contributed by atoms with Crippen molar-refractivity contribution in [1.82, 2.24) is 4.98 Å². The number of carboxylic acids is 1. The van der Waals surface area contributed by atoms with Crippen molar-refractivity contribution in [3.8, 4) is 11.3 Å². The van der Waals surface area contributed by atoms with Crippen LogP contribution >= 0.6 is 0 Å². The van der Waals surface area contributed by atoms with Crippen molar-refractivity contribution in [3.63, 3.8) is 0 Å². The van der Waals surface area contributed by atoms with Gasteiger partial charge in [-0.15, -0.1) is 0 Å². The van der Waals surface area contributed by atoms with Gasteiger partial charge in [-0.25, -0.2) is 4.79 Å². The first-order chi connectivity index (χ1) is 14.2. The fourth-order valence-corrected chi connectivity index (χ4v) is 3.13. The predicted octanol–water partition coefficient (Wildman–Crippen LogP) is 3.85. The van der Waals surface area contributed by atoms with Gasteiger partial charge in [-0.3, -0.25) is 4.79 Å². The summed E-state index contributed by atoms with van der Waals surface area (Å²) in [6.07, 6.45) is -5.50. The van der Waals surface area contributed by atoms with Gasteiger partial charge in [-0.2, -0.15) is 13.2 Å². The number of aromatic nitrogens is 1. The zero-order valence-electron chi connectivity index (χ0n) is 15.7. The molecule has 0 radical (unpaired) electrons. The number of nitrogens with one attached hydrogen (secondary N) is 2. The standard InChI is InChI=1S/C21H19F3N2O4/c22-21(23,24)16-5-2-1-4-14(16)17-10-12-7-8-13(11-15(12)19(28)26-17)25-9-3-6-18(27)20(29)30/h1-2,4-5,7-8,10-11,18,25,27H,3,6,9H2,(H,26,28)(H,29,30). The van der Waals surface area contributed by atoms with Gasteiger partial charge < -0.3 is 20.5 Å². The fourth-order valence-electron chi connectivity index (χ4n) is 3.13. The molecule has 2 aromatic carbocycles. The van der Waals surface area contributed by atoms with Gasteiger partial charge in [0.05, 0.1) is 5.56 Å². The first-order valence-corrected chi connectivity index (χ1v) is 9.15. The van der Waals surface area contributed by atoms with Crippen LogP contribution in [-0.2, 0) is 11.0 Å². The molecule has 1 aromatic heterocycles. The van der Waals surface area contributed by atoms with Crippen LogP contribution in [-0.4, -0.2) is 33.8 Å². The third-order valence-electron chi connectivity index (χ3n) is 4.64. The lowest BCUT2D eigenvalue weighted by Gasteiger charge is -2.13. The van der Waals surface area contributed by atoms with Crippen molar-refractivity contribution in [1.29, 1.82) is 0 Å². The average molecular weight is 420 g/mol. The van der Waals surface area contributed by atoms with Gasteiger partial charge in [-0.05, 0) is 42.5 Å². The van der Waals surface area contributed by atoms with Crippen LogP contribution in [0.5, 0.6) is 0 Å². The van der Waals surface area contributed by atoms with Crippen LogP contribution in [0.2, 0.25) is 0 Å². The number of pyridine rings is 1. The summed E-state index contributed by atoms with van der Waals surface area (Å²) < 4.78 is 39.9. The molecule has 0 aliphatic rings. The number of carboxylic acid groups (broad SMARTS) is 1. The molecule has 158 valence electrons. The van der Waals surface area contributed by atoms with Crippen LogP contribution < -0.4 is 10.9 Å². The fraction of sp³-hybridized carbons (Fsp3) is 0.238. The Balaban J connectivity index is 1.84. The Labute approximate surface area is 169 Å². The summed E-state index contributed by atoms with van der Waals surface area (Å²) in [5, 5.41) is 21.7. The van der Waals surface area contributed by atoms with Gasteiger partial charge in [0.25, 0.3) is 5.56 Å². The van der Waals surface area contributed by atoms with Crippen molar-refractivity contribution in [2.24, 2.45) is 0 Å². The molecule has 0 amide bonds. The maximum Gasteiger partial charge on any atom is 0.417 e. The second kappa shape index (κ2) is 8.58. The second-order valence-electron chi connectivity index (χ2n) is 6.78. The maximum absolute atomic E-state index is 13.3. The van der Waals surface area contributed by atoms with Crippen molar-refractivity contribution >= 4 is 22.4 Å². The first kappa shape index (κ1) is 21.4. The number of halogens is 3. The molecule has 30 heavy (non-hydrogen) atoms. The molecule has 0 aliphatic carbocycles. The molecule has 1 atom stereocenters. The number of hydrogen-bond donors (Lipinski definition) is 4. The van der Waals surface area contributed by atoms with Crippen LogP contribution in [0.15, 0.2) is 53.3 Å². The van der Waals surface area contributed by atoms with E-state index < -0.39 is 29.4 Å². The second-order valence-corrected chi connectivity index (χ2v) is 6.78. The van der Waals surface area contributed by atoms with E-state index in [-0.39, 0.29) is 17.7 Å². The molecule has 0 saturated carbocycles. The molecule has 0 spiro atoms.